The van der Waals surface area contributed by atoms with E-state index in [9.17, 15) is 0 Å². The van der Waals surface area contributed by atoms with Crippen LogP contribution in [0.2, 0.25) is 5.02 Å². The van der Waals surface area contributed by atoms with Crippen LogP contribution >= 0.6 is 23.4 Å². The first-order chi connectivity index (χ1) is 9.78. The summed E-state index contributed by atoms with van der Waals surface area (Å²) in [6.07, 6.45) is 6.40. The fraction of sp³-hybridized carbons (Fsp3) is 0.647. The number of halogens is 1. The lowest BCUT2D eigenvalue weighted by molar-refractivity contribution is 0.362. The largest absolute Gasteiger partial charge is 0.314 e. The minimum absolute atomic E-state index is 0.599. The Labute approximate surface area is 132 Å². The zero-order valence-electron chi connectivity index (χ0n) is 12.4. The molecule has 1 aromatic carbocycles. The normalized spacial score (nSPS) is 18.1. The van der Waals surface area contributed by atoms with Crippen molar-refractivity contribution in [1.82, 2.24) is 5.32 Å². The molecule has 1 fully saturated rings. The van der Waals surface area contributed by atoms with Gasteiger partial charge in [0.2, 0.25) is 0 Å². The standard InChI is InChI=1S/C17H26ClNS/c1-2-8-19-17(12-14-6-9-20-10-7-14)13-15-4-3-5-16(18)11-15/h3-5,11,14,17,19H,2,6-10,12-13H2,1H3. The molecule has 0 spiro atoms. The Morgan fingerprint density at radius 2 is 2.15 bits per heavy atom. The van der Waals surface area contributed by atoms with Crippen LogP contribution in [0.1, 0.15) is 38.2 Å². The van der Waals surface area contributed by atoms with Crippen molar-refractivity contribution in [2.24, 2.45) is 5.92 Å². The number of hydrogen-bond acceptors (Lipinski definition) is 2. The van der Waals surface area contributed by atoms with Gasteiger partial charge in [0, 0.05) is 11.1 Å². The van der Waals surface area contributed by atoms with Crippen LogP contribution in [0.3, 0.4) is 0 Å². The van der Waals surface area contributed by atoms with Gasteiger partial charge in [-0.1, -0.05) is 30.7 Å². The summed E-state index contributed by atoms with van der Waals surface area (Å²) in [5.74, 6) is 3.61. The molecule has 112 valence electrons. The van der Waals surface area contributed by atoms with E-state index in [1.807, 2.05) is 6.07 Å². The van der Waals surface area contributed by atoms with Crippen LogP contribution in [0.5, 0.6) is 0 Å². The Balaban J connectivity index is 1.91. The highest BCUT2D eigenvalue weighted by atomic mass is 35.5. The second-order valence-corrected chi connectivity index (χ2v) is 7.44. The molecule has 1 unspecified atom stereocenters. The van der Waals surface area contributed by atoms with Crippen LogP contribution in [0.15, 0.2) is 24.3 Å². The van der Waals surface area contributed by atoms with Crippen LogP contribution in [-0.4, -0.2) is 24.1 Å². The summed E-state index contributed by atoms with van der Waals surface area (Å²) in [6.45, 7) is 3.35. The minimum Gasteiger partial charge on any atom is -0.314 e. The van der Waals surface area contributed by atoms with E-state index in [0.29, 0.717) is 6.04 Å². The Bertz CT molecular complexity index is 390. The first kappa shape index (κ1) is 16.2. The lowest BCUT2D eigenvalue weighted by atomic mass is 9.91. The van der Waals surface area contributed by atoms with Crippen molar-refractivity contribution >= 4 is 23.4 Å². The molecule has 0 aromatic heterocycles. The third-order valence-corrected chi connectivity index (χ3v) is 5.30. The molecule has 1 saturated heterocycles. The van der Waals surface area contributed by atoms with Gasteiger partial charge in [0.05, 0.1) is 0 Å². The lowest BCUT2D eigenvalue weighted by Crippen LogP contribution is -2.34. The fourth-order valence-corrected chi connectivity index (χ4v) is 4.34. The van der Waals surface area contributed by atoms with E-state index >= 15 is 0 Å². The van der Waals surface area contributed by atoms with Crippen molar-refractivity contribution in [1.29, 1.82) is 0 Å². The Morgan fingerprint density at radius 3 is 2.85 bits per heavy atom. The third kappa shape index (κ3) is 5.67. The topological polar surface area (TPSA) is 12.0 Å². The van der Waals surface area contributed by atoms with Crippen LogP contribution in [0.25, 0.3) is 0 Å². The van der Waals surface area contributed by atoms with E-state index in [-0.39, 0.29) is 0 Å². The van der Waals surface area contributed by atoms with Gasteiger partial charge < -0.3 is 5.32 Å². The molecule has 1 heterocycles. The Kier molecular flexibility index (Phi) is 7.26. The molecular weight excluding hydrogens is 286 g/mol. The summed E-state index contributed by atoms with van der Waals surface area (Å²) in [7, 11) is 0. The summed E-state index contributed by atoms with van der Waals surface area (Å²) >= 11 is 8.21. The molecule has 0 radical (unpaired) electrons. The maximum atomic E-state index is 6.10. The maximum Gasteiger partial charge on any atom is 0.0408 e. The molecule has 1 aliphatic heterocycles. The summed E-state index contributed by atoms with van der Waals surface area (Å²) in [6, 6.07) is 8.92. The number of hydrogen-bond donors (Lipinski definition) is 1. The van der Waals surface area contributed by atoms with Gasteiger partial charge in [0.15, 0.2) is 0 Å². The number of benzene rings is 1. The lowest BCUT2D eigenvalue weighted by Gasteiger charge is -2.27. The molecule has 2 rings (SSSR count). The van der Waals surface area contributed by atoms with Gasteiger partial charge in [-0.05, 0) is 73.8 Å². The van der Waals surface area contributed by atoms with Crippen molar-refractivity contribution in [2.45, 2.75) is 45.1 Å². The Morgan fingerprint density at radius 1 is 1.35 bits per heavy atom. The number of nitrogens with one attached hydrogen (secondary N) is 1. The third-order valence-electron chi connectivity index (χ3n) is 4.01. The van der Waals surface area contributed by atoms with Crippen molar-refractivity contribution < 1.29 is 0 Å². The molecule has 1 aromatic rings. The minimum atomic E-state index is 0.599. The Hall–Kier alpha value is -0.180. The second kappa shape index (κ2) is 8.96. The van der Waals surface area contributed by atoms with Crippen LogP contribution in [0, 0.1) is 5.92 Å². The van der Waals surface area contributed by atoms with Crippen LogP contribution < -0.4 is 5.32 Å². The van der Waals surface area contributed by atoms with Gasteiger partial charge in [-0.2, -0.15) is 11.8 Å². The molecule has 1 nitrogen and oxygen atoms in total. The molecular formula is C17H26ClNS. The van der Waals surface area contributed by atoms with Gasteiger partial charge in [0.1, 0.15) is 0 Å². The molecule has 3 heteroatoms. The highest BCUT2D eigenvalue weighted by Crippen LogP contribution is 2.27. The predicted octanol–water partition coefficient (Wildman–Crippen LogP) is 4.78. The van der Waals surface area contributed by atoms with Gasteiger partial charge in [-0.3, -0.25) is 0 Å². The zero-order chi connectivity index (χ0) is 14.2. The first-order valence-electron chi connectivity index (χ1n) is 7.83. The molecule has 0 bridgehead atoms. The quantitative estimate of drug-likeness (QED) is 0.777. The van der Waals surface area contributed by atoms with Gasteiger partial charge in [-0.15, -0.1) is 0 Å². The predicted molar refractivity (Wildman–Crippen MR) is 91.9 cm³/mol. The average Bonchev–Trinajstić information content (AvgIpc) is 2.46. The highest BCUT2D eigenvalue weighted by Gasteiger charge is 2.19. The second-order valence-electron chi connectivity index (χ2n) is 5.78. The number of thioether (sulfide) groups is 1. The first-order valence-corrected chi connectivity index (χ1v) is 9.36. The van der Waals surface area contributed by atoms with Crippen molar-refractivity contribution in [3.63, 3.8) is 0 Å². The molecule has 1 aliphatic rings. The van der Waals surface area contributed by atoms with Gasteiger partial charge in [-0.25, -0.2) is 0 Å². The highest BCUT2D eigenvalue weighted by molar-refractivity contribution is 7.99. The van der Waals surface area contributed by atoms with Crippen LogP contribution in [-0.2, 0) is 6.42 Å². The molecule has 0 aliphatic carbocycles. The summed E-state index contributed by atoms with van der Waals surface area (Å²) in [5, 5.41) is 4.59. The van der Waals surface area contributed by atoms with Crippen molar-refractivity contribution in [3.05, 3.63) is 34.9 Å². The van der Waals surface area contributed by atoms with E-state index in [0.717, 1.165) is 23.9 Å². The zero-order valence-corrected chi connectivity index (χ0v) is 14.0. The summed E-state index contributed by atoms with van der Waals surface area (Å²) in [4.78, 5) is 0. The van der Waals surface area contributed by atoms with E-state index < -0.39 is 0 Å². The van der Waals surface area contributed by atoms with Crippen molar-refractivity contribution in [2.75, 3.05) is 18.1 Å². The van der Waals surface area contributed by atoms with Crippen molar-refractivity contribution in [3.8, 4) is 0 Å². The number of rotatable bonds is 7. The van der Waals surface area contributed by atoms with E-state index in [2.05, 4.69) is 42.2 Å². The average molecular weight is 312 g/mol. The SMILES string of the molecule is CCCNC(Cc1cccc(Cl)c1)CC1CCSCC1. The molecule has 0 saturated carbocycles. The maximum absolute atomic E-state index is 6.10. The summed E-state index contributed by atoms with van der Waals surface area (Å²) in [5.41, 5.74) is 1.36. The fourth-order valence-electron chi connectivity index (χ4n) is 2.92. The molecule has 20 heavy (non-hydrogen) atoms. The monoisotopic (exact) mass is 311 g/mol. The molecule has 0 amide bonds. The van der Waals surface area contributed by atoms with E-state index in [4.69, 9.17) is 11.6 Å². The van der Waals surface area contributed by atoms with Gasteiger partial charge in [0.25, 0.3) is 0 Å². The molecule has 1 atom stereocenters. The van der Waals surface area contributed by atoms with E-state index in [1.54, 1.807) is 0 Å². The molecule has 1 N–H and O–H groups in total. The summed E-state index contributed by atoms with van der Waals surface area (Å²) < 4.78 is 0. The smallest absolute Gasteiger partial charge is 0.0408 e. The van der Waals surface area contributed by atoms with E-state index in [1.165, 1.54) is 42.8 Å². The van der Waals surface area contributed by atoms with Crippen LogP contribution in [0.4, 0.5) is 0 Å². The van der Waals surface area contributed by atoms with Gasteiger partial charge >= 0.3 is 0 Å².